The molecular weight excluding hydrogens is 300 g/mol. The Morgan fingerprint density at radius 3 is 1.96 bits per heavy atom. The highest BCUT2D eigenvalue weighted by Gasteiger charge is 2.48. The van der Waals surface area contributed by atoms with Crippen LogP contribution < -0.4 is 0 Å². The normalized spacial score (nSPS) is 21.2. The highest BCUT2D eigenvalue weighted by Crippen LogP contribution is 2.47. The van der Waals surface area contributed by atoms with Crippen LogP contribution in [0.1, 0.15) is 93.4 Å². The van der Waals surface area contributed by atoms with E-state index in [2.05, 4.69) is 41.5 Å². The van der Waals surface area contributed by atoms with Gasteiger partial charge in [0.2, 0.25) is 6.29 Å². The van der Waals surface area contributed by atoms with Gasteiger partial charge in [-0.3, -0.25) is 4.79 Å². The van der Waals surface area contributed by atoms with Crippen LogP contribution in [0.25, 0.3) is 0 Å². The second-order valence-corrected chi connectivity index (χ2v) is 10.1. The number of hydrogen-bond acceptors (Lipinski definition) is 3. The molecule has 2 unspecified atom stereocenters. The molecule has 2 atom stereocenters. The van der Waals surface area contributed by atoms with Crippen molar-refractivity contribution in [2.24, 2.45) is 22.2 Å². The van der Waals surface area contributed by atoms with Crippen LogP contribution in [0.3, 0.4) is 0 Å². The second kappa shape index (κ2) is 8.21. The van der Waals surface area contributed by atoms with Crippen LogP contribution in [0.15, 0.2) is 0 Å². The number of ether oxygens (including phenoxy) is 2. The van der Waals surface area contributed by atoms with Crippen LogP contribution in [0.4, 0.5) is 0 Å². The van der Waals surface area contributed by atoms with Crippen molar-refractivity contribution < 1.29 is 14.3 Å². The van der Waals surface area contributed by atoms with Crippen LogP contribution in [0.5, 0.6) is 0 Å². The van der Waals surface area contributed by atoms with E-state index in [1.165, 1.54) is 32.1 Å². The van der Waals surface area contributed by atoms with E-state index < -0.39 is 11.7 Å². The summed E-state index contributed by atoms with van der Waals surface area (Å²) in [6.45, 7) is 15.0. The Balaban J connectivity index is 2.81. The van der Waals surface area contributed by atoms with Gasteiger partial charge in [-0.2, -0.15) is 0 Å². The van der Waals surface area contributed by atoms with Crippen LogP contribution in [0, 0.1) is 22.2 Å². The fourth-order valence-corrected chi connectivity index (χ4v) is 3.84. The van der Waals surface area contributed by atoms with Gasteiger partial charge in [0.25, 0.3) is 0 Å². The molecule has 142 valence electrons. The summed E-state index contributed by atoms with van der Waals surface area (Å²) in [6, 6.07) is 0. The molecule has 1 aliphatic rings. The Morgan fingerprint density at radius 2 is 1.54 bits per heavy atom. The van der Waals surface area contributed by atoms with Gasteiger partial charge < -0.3 is 9.47 Å². The van der Waals surface area contributed by atoms with Crippen molar-refractivity contribution in [2.75, 3.05) is 7.11 Å². The van der Waals surface area contributed by atoms with E-state index in [-0.39, 0.29) is 16.8 Å². The van der Waals surface area contributed by atoms with Crippen molar-refractivity contribution in [3.8, 4) is 0 Å². The molecule has 0 heterocycles. The summed E-state index contributed by atoms with van der Waals surface area (Å²) < 4.78 is 11.4. The van der Waals surface area contributed by atoms with Gasteiger partial charge >= 0.3 is 5.97 Å². The van der Waals surface area contributed by atoms with Gasteiger partial charge in [0, 0.05) is 13.5 Å². The van der Waals surface area contributed by atoms with Crippen LogP contribution in [-0.4, -0.2) is 19.4 Å². The first kappa shape index (κ1) is 21.5. The molecule has 0 aromatic heterocycles. The van der Waals surface area contributed by atoms with Crippen molar-refractivity contribution in [3.05, 3.63) is 0 Å². The highest BCUT2D eigenvalue weighted by molar-refractivity contribution is 5.77. The molecule has 24 heavy (non-hydrogen) atoms. The zero-order chi connectivity index (χ0) is 18.6. The lowest BCUT2D eigenvalue weighted by molar-refractivity contribution is -0.196. The van der Waals surface area contributed by atoms with Crippen molar-refractivity contribution in [2.45, 2.75) is 99.7 Å². The first-order valence-electron chi connectivity index (χ1n) is 9.63. The maximum Gasteiger partial charge on any atom is 0.314 e. The molecule has 1 fully saturated rings. The topological polar surface area (TPSA) is 35.5 Å². The average molecular weight is 341 g/mol. The lowest BCUT2D eigenvalue weighted by Gasteiger charge is -2.44. The number of hydrogen-bond donors (Lipinski definition) is 0. The monoisotopic (exact) mass is 340 g/mol. The zero-order valence-corrected chi connectivity index (χ0v) is 17.3. The van der Waals surface area contributed by atoms with E-state index >= 15 is 0 Å². The number of rotatable bonds is 6. The smallest absolute Gasteiger partial charge is 0.314 e. The maximum atomic E-state index is 13.1. The first-order valence-corrected chi connectivity index (χ1v) is 9.63. The molecule has 1 aliphatic carbocycles. The molecule has 0 aliphatic heterocycles. The fraction of sp³-hybridized carbons (Fsp3) is 0.952. The molecule has 0 saturated heterocycles. The first-order chi connectivity index (χ1) is 10.9. The molecule has 0 amide bonds. The van der Waals surface area contributed by atoms with Crippen LogP contribution >= 0.6 is 0 Å². The highest BCUT2D eigenvalue weighted by atomic mass is 16.7. The molecule has 0 aromatic carbocycles. The number of carbonyl (C=O) groups is 1. The van der Waals surface area contributed by atoms with E-state index in [1.807, 2.05) is 6.92 Å². The molecule has 0 bridgehead atoms. The van der Waals surface area contributed by atoms with Crippen molar-refractivity contribution >= 4 is 5.97 Å². The number of methoxy groups -OCH3 is 1. The zero-order valence-electron chi connectivity index (χ0n) is 17.3. The third-order valence-electron chi connectivity index (χ3n) is 5.74. The molecule has 1 saturated carbocycles. The molecule has 3 heteroatoms. The van der Waals surface area contributed by atoms with E-state index in [4.69, 9.17) is 9.47 Å². The molecule has 1 rings (SSSR count). The lowest BCUT2D eigenvalue weighted by atomic mass is 9.61. The summed E-state index contributed by atoms with van der Waals surface area (Å²) >= 11 is 0. The minimum atomic E-state index is -0.533. The molecule has 0 N–H and O–H groups in total. The summed E-state index contributed by atoms with van der Waals surface area (Å²) in [5.74, 6) is 0.507. The third kappa shape index (κ3) is 6.06. The number of carbonyl (C=O) groups excluding carboxylic acids is 1. The van der Waals surface area contributed by atoms with Crippen LogP contribution in [-0.2, 0) is 14.3 Å². The lowest BCUT2D eigenvalue weighted by Crippen LogP contribution is -2.45. The van der Waals surface area contributed by atoms with Gasteiger partial charge in [0.05, 0.1) is 5.41 Å². The number of esters is 1. The maximum absolute atomic E-state index is 13.1. The summed E-state index contributed by atoms with van der Waals surface area (Å²) in [7, 11) is 1.65. The molecule has 0 spiro atoms. The molecule has 0 aromatic rings. The van der Waals surface area contributed by atoms with E-state index in [1.54, 1.807) is 7.11 Å². The van der Waals surface area contributed by atoms with Gasteiger partial charge in [-0.15, -0.1) is 0 Å². The second-order valence-electron chi connectivity index (χ2n) is 10.1. The van der Waals surface area contributed by atoms with E-state index in [0.29, 0.717) is 5.92 Å². The summed E-state index contributed by atoms with van der Waals surface area (Å²) in [4.78, 5) is 13.1. The largest absolute Gasteiger partial charge is 0.435 e. The van der Waals surface area contributed by atoms with E-state index in [0.717, 1.165) is 12.8 Å². The third-order valence-corrected chi connectivity index (χ3v) is 5.74. The summed E-state index contributed by atoms with van der Waals surface area (Å²) in [5, 5.41) is 0. The van der Waals surface area contributed by atoms with Gasteiger partial charge in [-0.1, -0.05) is 73.6 Å². The predicted octanol–water partition coefficient (Wildman–Crippen LogP) is 5.96. The minimum absolute atomic E-state index is 0.0625. The Hall–Kier alpha value is -0.570. The Kier molecular flexibility index (Phi) is 7.34. The minimum Gasteiger partial charge on any atom is -0.435 e. The summed E-state index contributed by atoms with van der Waals surface area (Å²) in [5.41, 5.74) is -0.637. The summed E-state index contributed by atoms with van der Waals surface area (Å²) in [6.07, 6.45) is 7.59. The van der Waals surface area contributed by atoms with Gasteiger partial charge in [0.1, 0.15) is 0 Å². The molecule has 0 radical (unpaired) electrons. The van der Waals surface area contributed by atoms with Crippen molar-refractivity contribution in [1.29, 1.82) is 0 Å². The standard InChI is InChI=1S/C21H40O3/c1-19(2,3)15-21(7,20(4,5)6)18(22)24-17(23-8)14-16-12-10-9-11-13-16/h16-17H,9-15H2,1-8H3. The quantitative estimate of drug-likeness (QED) is 0.442. The van der Waals surface area contributed by atoms with Gasteiger partial charge in [-0.25, -0.2) is 0 Å². The average Bonchev–Trinajstić information content (AvgIpc) is 2.44. The fourth-order valence-electron chi connectivity index (χ4n) is 3.84. The Bertz CT molecular complexity index is 396. The predicted molar refractivity (Wildman–Crippen MR) is 99.7 cm³/mol. The molecule has 3 nitrogen and oxygen atoms in total. The van der Waals surface area contributed by atoms with E-state index in [9.17, 15) is 4.79 Å². The molecular formula is C21H40O3. The SMILES string of the molecule is COC(CC1CCCCC1)OC(=O)C(C)(CC(C)(C)C)C(C)(C)C. The Labute approximate surface area is 149 Å². The van der Waals surface area contributed by atoms with Crippen molar-refractivity contribution in [1.82, 2.24) is 0 Å². The van der Waals surface area contributed by atoms with Gasteiger partial charge in [-0.05, 0) is 30.1 Å². The van der Waals surface area contributed by atoms with Gasteiger partial charge in [0.15, 0.2) is 0 Å². The van der Waals surface area contributed by atoms with Crippen molar-refractivity contribution in [3.63, 3.8) is 0 Å². The Morgan fingerprint density at radius 1 is 1.00 bits per heavy atom. The van der Waals surface area contributed by atoms with Crippen LogP contribution in [0.2, 0.25) is 0 Å².